The molecule has 0 radical (unpaired) electrons. The molecule has 54 heavy (non-hydrogen) atoms. The molecule has 17 heteroatoms. The maximum absolute atomic E-state index is 12.7. The molecule has 2 N–H and O–H groups in total. The number of ether oxygens (including phenoxy) is 1. The predicted molar refractivity (Wildman–Crippen MR) is 184 cm³/mol. The van der Waals surface area contributed by atoms with E-state index < -0.39 is 59.4 Å². The Hall–Kier alpha value is -5.00. The van der Waals surface area contributed by atoms with Crippen molar-refractivity contribution in [3.05, 3.63) is 92.7 Å². The van der Waals surface area contributed by atoms with Gasteiger partial charge in [0.05, 0.1) is 58.8 Å². The van der Waals surface area contributed by atoms with Crippen LogP contribution in [-0.4, -0.2) is 83.8 Å². The molecule has 4 aliphatic rings. The summed E-state index contributed by atoms with van der Waals surface area (Å²) in [5.74, 6) is -4.95. The molecule has 276 valence electrons. The minimum atomic E-state index is -1.44. The Morgan fingerprint density at radius 1 is 0.833 bits per heavy atom. The Bertz CT molecular complexity index is 2450. The standard InChI is InChI=1S/C20H20N2O6.C17H16N2O6.Na/c1-4-7-27-19(25)17-12(9-14-16(10(2)23)18(24)22(14)17)11-5-6-13-15(8-11)28-20(26)21(13)3;1-7(20)13-11-6-9(14(16(22)23)19(11)15(13)21)8-3-4-10-12(5-8)25-17(24)18(10)2;/h4-6,8,10,14,16,23H,1,7,9H2,2-3H3;3-5,7,11,13,20H,6H2,1-2H3,(H,22,23);/q;;+1/p-1/t10-,14-,16-;7-,11-,13-;/m11./s1. The first-order valence-corrected chi connectivity index (χ1v) is 16.8. The third kappa shape index (κ3) is 5.98. The average molecular weight is 751 g/mol. The molecule has 4 aromatic rings. The zero-order valence-corrected chi connectivity index (χ0v) is 32.1. The van der Waals surface area contributed by atoms with E-state index in [2.05, 4.69) is 6.58 Å². The monoisotopic (exact) mass is 750 g/mol. The van der Waals surface area contributed by atoms with E-state index in [1.54, 1.807) is 57.4 Å². The number of carboxylic acids is 1. The number of β-lactam (4-membered cyclic amide) rings is 2. The number of carbonyl (C=O) groups excluding carboxylic acids is 4. The van der Waals surface area contributed by atoms with E-state index >= 15 is 0 Å². The summed E-state index contributed by atoms with van der Waals surface area (Å²) in [6.45, 7) is 6.63. The topological polar surface area (TPSA) is 218 Å². The van der Waals surface area contributed by atoms with Gasteiger partial charge in [-0.2, -0.15) is 0 Å². The molecule has 0 aliphatic carbocycles. The largest absolute Gasteiger partial charge is 1.00 e. The summed E-state index contributed by atoms with van der Waals surface area (Å²) in [7, 11) is 3.19. The summed E-state index contributed by atoms with van der Waals surface area (Å²) in [5, 5.41) is 31.3. The number of aliphatic carboxylic acids is 1. The first-order chi connectivity index (χ1) is 25.2. The molecule has 4 aliphatic heterocycles. The Kier molecular flexibility index (Phi) is 10.3. The van der Waals surface area contributed by atoms with Crippen molar-refractivity contribution in [3.8, 4) is 0 Å². The summed E-state index contributed by atoms with van der Waals surface area (Å²) < 4.78 is 18.3. The molecule has 2 aromatic carbocycles. The van der Waals surface area contributed by atoms with E-state index in [4.69, 9.17) is 13.6 Å². The van der Waals surface area contributed by atoms with Crippen molar-refractivity contribution in [2.45, 2.75) is 51.0 Å². The smallest absolute Gasteiger partial charge is 0.543 e. The van der Waals surface area contributed by atoms with E-state index in [-0.39, 0.29) is 59.5 Å². The van der Waals surface area contributed by atoms with Crippen molar-refractivity contribution in [2.75, 3.05) is 6.61 Å². The van der Waals surface area contributed by atoms with Crippen molar-refractivity contribution in [1.82, 2.24) is 18.9 Å². The van der Waals surface area contributed by atoms with Gasteiger partial charge in [-0.15, -0.1) is 0 Å². The van der Waals surface area contributed by atoms with E-state index in [9.17, 15) is 44.1 Å². The molecule has 6 heterocycles. The molecular weight excluding hydrogens is 715 g/mol. The van der Waals surface area contributed by atoms with Crippen LogP contribution in [-0.2, 0) is 38.0 Å². The minimum absolute atomic E-state index is 0. The Balaban J connectivity index is 0.000000182. The van der Waals surface area contributed by atoms with Crippen LogP contribution in [0.1, 0.15) is 37.8 Å². The number of oxazole rings is 2. The molecule has 0 saturated carbocycles. The molecule has 0 bridgehead atoms. The number of carboxylic acid groups (broad SMARTS) is 1. The fourth-order valence-electron chi connectivity index (χ4n) is 7.88. The molecule has 0 spiro atoms. The zero-order chi connectivity index (χ0) is 38.2. The Morgan fingerprint density at radius 2 is 1.26 bits per heavy atom. The van der Waals surface area contributed by atoms with E-state index in [1.807, 2.05) is 0 Å². The Labute approximate surface area is 328 Å². The van der Waals surface area contributed by atoms with Crippen molar-refractivity contribution in [2.24, 2.45) is 25.9 Å². The summed E-state index contributed by atoms with van der Waals surface area (Å²) in [6.07, 6.45) is 0.486. The van der Waals surface area contributed by atoms with Gasteiger partial charge in [0, 0.05) is 14.1 Å². The molecule has 0 unspecified atom stereocenters. The number of aryl methyl sites for hydroxylation is 2. The minimum Gasteiger partial charge on any atom is -0.543 e. The SMILES string of the molecule is C=CCOC(=O)C1=C(c2ccc3c(c2)oc(=O)n3C)C[C@@H]2[C@@H]([C@@H](C)O)C(=O)N12.C[C@@H](O)[C@H]1C(=O)N2C(C(=O)[O-])=C(c3ccc4c(c3)oc(=O)n4C)C[C@H]12.[Na+]. The number of aliphatic hydroxyl groups is 2. The number of aliphatic hydroxyl groups excluding tert-OH is 2. The number of fused-ring (bicyclic) bond motifs is 4. The fourth-order valence-corrected chi connectivity index (χ4v) is 7.88. The van der Waals surface area contributed by atoms with Gasteiger partial charge in [-0.25, -0.2) is 14.4 Å². The first kappa shape index (κ1) is 38.7. The second kappa shape index (κ2) is 14.3. The number of rotatable bonds is 8. The van der Waals surface area contributed by atoms with Crippen LogP contribution in [0.15, 0.2) is 78.9 Å². The second-order valence-electron chi connectivity index (χ2n) is 13.5. The van der Waals surface area contributed by atoms with Gasteiger partial charge in [0.2, 0.25) is 11.8 Å². The van der Waals surface area contributed by atoms with Crippen LogP contribution >= 0.6 is 0 Å². The van der Waals surface area contributed by atoms with Crippen molar-refractivity contribution in [1.29, 1.82) is 0 Å². The number of nitrogens with zero attached hydrogens (tertiary/aromatic N) is 4. The normalized spacial score (nSPS) is 22.6. The maximum Gasteiger partial charge on any atom is 1.00 e. The van der Waals surface area contributed by atoms with Crippen molar-refractivity contribution >= 4 is 57.1 Å². The second-order valence-corrected chi connectivity index (χ2v) is 13.5. The molecule has 2 aromatic heterocycles. The van der Waals surface area contributed by atoms with Crippen LogP contribution < -0.4 is 46.2 Å². The number of aromatic nitrogens is 2. The van der Waals surface area contributed by atoms with Crippen LogP contribution in [0, 0.1) is 11.8 Å². The third-order valence-corrected chi connectivity index (χ3v) is 10.5. The van der Waals surface area contributed by atoms with Crippen molar-refractivity contribution in [3.63, 3.8) is 0 Å². The zero-order valence-electron chi connectivity index (χ0n) is 30.1. The van der Waals surface area contributed by atoms with Gasteiger partial charge >= 0.3 is 47.0 Å². The van der Waals surface area contributed by atoms with Gasteiger partial charge in [0.15, 0.2) is 11.2 Å². The molecule has 2 saturated heterocycles. The van der Waals surface area contributed by atoms with Gasteiger partial charge in [-0.3, -0.25) is 18.7 Å². The van der Waals surface area contributed by atoms with E-state index in [0.717, 1.165) is 0 Å². The number of esters is 1. The summed E-state index contributed by atoms with van der Waals surface area (Å²) >= 11 is 0. The van der Waals surface area contributed by atoms with E-state index in [0.29, 0.717) is 57.3 Å². The summed E-state index contributed by atoms with van der Waals surface area (Å²) in [5.41, 5.74) is 4.22. The molecular formula is C37H35N4NaO12. The number of amides is 2. The van der Waals surface area contributed by atoms with Gasteiger partial charge in [-0.1, -0.05) is 24.8 Å². The average Bonchev–Trinajstić information content (AvgIpc) is 3.80. The fraction of sp³-hybridized carbons (Fsp3) is 0.351. The van der Waals surface area contributed by atoms with Gasteiger partial charge in [0.25, 0.3) is 0 Å². The van der Waals surface area contributed by atoms with Gasteiger partial charge in [-0.05, 0) is 73.2 Å². The third-order valence-electron chi connectivity index (χ3n) is 10.5. The van der Waals surface area contributed by atoms with Crippen LogP contribution in [0.4, 0.5) is 0 Å². The van der Waals surface area contributed by atoms with Crippen LogP contribution in [0.2, 0.25) is 0 Å². The van der Waals surface area contributed by atoms with Crippen LogP contribution in [0.5, 0.6) is 0 Å². The van der Waals surface area contributed by atoms with Crippen LogP contribution in [0.25, 0.3) is 33.3 Å². The molecule has 16 nitrogen and oxygen atoms in total. The number of benzene rings is 2. The molecule has 2 fully saturated rings. The summed E-state index contributed by atoms with van der Waals surface area (Å²) in [6, 6.07) is 9.44. The number of carbonyl (C=O) groups is 4. The summed E-state index contributed by atoms with van der Waals surface area (Å²) in [4.78, 5) is 75.0. The van der Waals surface area contributed by atoms with Gasteiger partial charge in [0.1, 0.15) is 12.3 Å². The Morgan fingerprint density at radius 3 is 1.67 bits per heavy atom. The van der Waals surface area contributed by atoms with Crippen LogP contribution in [0.3, 0.4) is 0 Å². The quantitative estimate of drug-likeness (QED) is 0.0820. The molecule has 6 atom stereocenters. The maximum atomic E-state index is 12.7. The number of hydrogen-bond donors (Lipinski definition) is 2. The van der Waals surface area contributed by atoms with Crippen molar-refractivity contribution < 1.29 is 77.6 Å². The van der Waals surface area contributed by atoms with Gasteiger partial charge < -0.3 is 43.5 Å². The molecule has 2 amide bonds. The molecule has 8 rings (SSSR count). The van der Waals surface area contributed by atoms with E-state index in [1.165, 1.54) is 31.9 Å². The first-order valence-electron chi connectivity index (χ1n) is 16.8. The predicted octanol–water partition coefficient (Wildman–Crippen LogP) is -2.61. The number of hydrogen-bond acceptors (Lipinski definition) is 12.